The molecule has 2 aromatic carbocycles. The summed E-state index contributed by atoms with van der Waals surface area (Å²) in [6.45, 7) is 5.76. The van der Waals surface area contributed by atoms with E-state index in [1.165, 1.54) is 0 Å². The largest absolute Gasteiger partial charge is 0.450 e. The summed E-state index contributed by atoms with van der Waals surface area (Å²) >= 11 is 0. The van der Waals surface area contributed by atoms with Gasteiger partial charge in [0.25, 0.3) is 0 Å². The maximum Gasteiger partial charge on any atom is 0.411 e. The van der Waals surface area contributed by atoms with Gasteiger partial charge in [0.2, 0.25) is 11.8 Å². The van der Waals surface area contributed by atoms with Crippen LogP contribution in [0.4, 0.5) is 27.5 Å². The van der Waals surface area contributed by atoms with E-state index >= 15 is 0 Å². The third kappa shape index (κ3) is 4.71. The SMILES string of the molecule is CCOC(=O)Nc1cccc(NCC(=O)N2c3ccccc3NC(=O)C[C@H]2C)c1C. The van der Waals surface area contributed by atoms with E-state index in [1.807, 2.05) is 38.1 Å². The fourth-order valence-corrected chi connectivity index (χ4v) is 3.46. The van der Waals surface area contributed by atoms with Crippen molar-refractivity contribution in [2.45, 2.75) is 33.2 Å². The summed E-state index contributed by atoms with van der Waals surface area (Å²) in [5, 5.41) is 8.69. The van der Waals surface area contributed by atoms with E-state index in [4.69, 9.17) is 4.74 Å². The molecule has 8 heteroatoms. The molecule has 1 atom stereocenters. The molecule has 3 rings (SSSR count). The highest BCUT2D eigenvalue weighted by atomic mass is 16.5. The Kier molecular flexibility index (Phi) is 6.56. The lowest BCUT2D eigenvalue weighted by molar-refractivity contribution is -0.118. The normalized spacial score (nSPS) is 15.5. The lowest BCUT2D eigenvalue weighted by Crippen LogP contribution is -2.42. The molecule has 0 aliphatic carbocycles. The van der Waals surface area contributed by atoms with Crippen LogP contribution in [0.25, 0.3) is 0 Å². The summed E-state index contributed by atoms with van der Waals surface area (Å²) in [5.41, 5.74) is 3.42. The molecule has 3 N–H and O–H groups in total. The molecule has 0 unspecified atom stereocenters. The van der Waals surface area contributed by atoms with Crippen molar-refractivity contribution >= 4 is 40.7 Å². The summed E-state index contributed by atoms with van der Waals surface area (Å²) < 4.78 is 4.92. The Labute approximate surface area is 175 Å². The number of carbonyl (C=O) groups excluding carboxylic acids is 3. The number of fused-ring (bicyclic) bond motifs is 1. The summed E-state index contributed by atoms with van der Waals surface area (Å²) in [6.07, 6.45) is -0.306. The molecule has 0 spiro atoms. The summed E-state index contributed by atoms with van der Waals surface area (Å²) in [6, 6.07) is 12.4. The van der Waals surface area contributed by atoms with Gasteiger partial charge >= 0.3 is 6.09 Å². The average Bonchev–Trinajstić information content (AvgIpc) is 2.82. The van der Waals surface area contributed by atoms with Crippen molar-refractivity contribution in [3.8, 4) is 0 Å². The van der Waals surface area contributed by atoms with Gasteiger partial charge in [-0.25, -0.2) is 4.79 Å². The number of benzene rings is 2. The molecule has 1 aliphatic rings. The fraction of sp³-hybridized carbons (Fsp3) is 0.318. The van der Waals surface area contributed by atoms with Gasteiger partial charge in [-0.05, 0) is 50.6 Å². The second-order valence-electron chi connectivity index (χ2n) is 7.06. The quantitative estimate of drug-likeness (QED) is 0.697. The Hall–Kier alpha value is -3.55. The molecular formula is C22H26N4O4. The third-order valence-corrected chi connectivity index (χ3v) is 4.90. The van der Waals surface area contributed by atoms with Crippen LogP contribution in [0.15, 0.2) is 42.5 Å². The minimum absolute atomic E-state index is 0.0383. The van der Waals surface area contributed by atoms with E-state index in [9.17, 15) is 14.4 Å². The van der Waals surface area contributed by atoms with Crippen molar-refractivity contribution in [2.75, 3.05) is 34.0 Å². The third-order valence-electron chi connectivity index (χ3n) is 4.90. The van der Waals surface area contributed by atoms with Crippen LogP contribution >= 0.6 is 0 Å². The van der Waals surface area contributed by atoms with Crippen LogP contribution < -0.4 is 20.9 Å². The Morgan fingerprint density at radius 3 is 2.67 bits per heavy atom. The number of rotatable bonds is 5. The molecule has 8 nitrogen and oxygen atoms in total. The molecule has 0 bridgehead atoms. The van der Waals surface area contributed by atoms with Crippen molar-refractivity contribution in [3.63, 3.8) is 0 Å². The molecule has 0 saturated heterocycles. The second-order valence-corrected chi connectivity index (χ2v) is 7.06. The number of para-hydroxylation sites is 2. The lowest BCUT2D eigenvalue weighted by Gasteiger charge is -2.28. The molecule has 2 aromatic rings. The van der Waals surface area contributed by atoms with Gasteiger partial charge in [-0.1, -0.05) is 18.2 Å². The van der Waals surface area contributed by atoms with Crippen LogP contribution in [-0.4, -0.2) is 37.1 Å². The van der Waals surface area contributed by atoms with Gasteiger partial charge in [0.05, 0.1) is 24.5 Å². The molecule has 1 aliphatic heterocycles. The summed E-state index contributed by atoms with van der Waals surface area (Å²) in [4.78, 5) is 38.6. The van der Waals surface area contributed by atoms with Gasteiger partial charge in [0, 0.05) is 23.8 Å². The average molecular weight is 410 g/mol. The van der Waals surface area contributed by atoms with Gasteiger partial charge in [0.15, 0.2) is 0 Å². The van der Waals surface area contributed by atoms with Gasteiger partial charge in [-0.15, -0.1) is 0 Å². The number of amides is 3. The van der Waals surface area contributed by atoms with Crippen molar-refractivity contribution in [2.24, 2.45) is 0 Å². The Balaban J connectivity index is 1.76. The molecule has 158 valence electrons. The molecule has 30 heavy (non-hydrogen) atoms. The first-order valence-electron chi connectivity index (χ1n) is 9.89. The molecular weight excluding hydrogens is 384 g/mol. The van der Waals surface area contributed by atoms with Gasteiger partial charge in [0.1, 0.15) is 0 Å². The number of nitrogens with zero attached hydrogens (tertiary/aromatic N) is 1. The van der Waals surface area contributed by atoms with Crippen LogP contribution in [0.1, 0.15) is 25.8 Å². The topological polar surface area (TPSA) is 99.8 Å². The molecule has 0 radical (unpaired) electrons. The van der Waals surface area contributed by atoms with E-state index in [0.717, 1.165) is 11.3 Å². The highest BCUT2D eigenvalue weighted by molar-refractivity contribution is 6.05. The minimum atomic E-state index is -0.527. The zero-order chi connectivity index (χ0) is 21.7. The molecule has 1 heterocycles. The van der Waals surface area contributed by atoms with Gasteiger partial charge in [-0.2, -0.15) is 0 Å². The smallest absolute Gasteiger partial charge is 0.411 e. The number of anilines is 4. The predicted molar refractivity (Wildman–Crippen MR) is 117 cm³/mol. The van der Waals surface area contributed by atoms with E-state index < -0.39 is 6.09 Å². The first-order chi connectivity index (χ1) is 14.4. The number of hydrogen-bond donors (Lipinski definition) is 3. The van der Waals surface area contributed by atoms with Crippen molar-refractivity contribution in [1.82, 2.24) is 0 Å². The van der Waals surface area contributed by atoms with Crippen molar-refractivity contribution < 1.29 is 19.1 Å². The first kappa shape index (κ1) is 21.2. The van der Waals surface area contributed by atoms with E-state index in [0.29, 0.717) is 17.1 Å². The van der Waals surface area contributed by atoms with Crippen LogP contribution in [0.3, 0.4) is 0 Å². The van der Waals surface area contributed by atoms with Crippen LogP contribution in [0, 0.1) is 6.92 Å². The van der Waals surface area contributed by atoms with E-state index in [2.05, 4.69) is 16.0 Å². The highest BCUT2D eigenvalue weighted by Crippen LogP contribution is 2.31. The lowest BCUT2D eigenvalue weighted by atomic mass is 10.1. The summed E-state index contributed by atoms with van der Waals surface area (Å²) in [7, 11) is 0. The summed E-state index contributed by atoms with van der Waals surface area (Å²) in [5.74, 6) is -0.276. The molecule has 0 fully saturated rings. The molecule has 0 saturated carbocycles. The second kappa shape index (κ2) is 9.30. The van der Waals surface area contributed by atoms with Gasteiger partial charge < -0.3 is 20.3 Å². The number of ether oxygens (including phenoxy) is 1. The van der Waals surface area contributed by atoms with E-state index in [1.54, 1.807) is 30.0 Å². The minimum Gasteiger partial charge on any atom is -0.450 e. The fourth-order valence-electron chi connectivity index (χ4n) is 3.46. The van der Waals surface area contributed by atoms with Crippen LogP contribution in [0.2, 0.25) is 0 Å². The van der Waals surface area contributed by atoms with Crippen LogP contribution in [0.5, 0.6) is 0 Å². The number of nitrogens with one attached hydrogen (secondary N) is 3. The highest BCUT2D eigenvalue weighted by Gasteiger charge is 2.29. The maximum absolute atomic E-state index is 13.1. The van der Waals surface area contributed by atoms with Crippen molar-refractivity contribution in [1.29, 1.82) is 0 Å². The number of carbonyl (C=O) groups is 3. The standard InChI is InChI=1S/C22H26N4O4/c1-4-30-22(29)25-17-10-7-9-16(15(17)3)23-13-21(28)26-14(2)12-20(27)24-18-8-5-6-11-19(18)26/h5-11,14,23H,4,12-13H2,1-3H3,(H,24,27)(H,25,29)/t14-/m1/s1. The Bertz CT molecular complexity index is 960. The van der Waals surface area contributed by atoms with Gasteiger partial charge in [-0.3, -0.25) is 14.9 Å². The van der Waals surface area contributed by atoms with Crippen LogP contribution in [-0.2, 0) is 14.3 Å². The van der Waals surface area contributed by atoms with E-state index in [-0.39, 0.29) is 37.4 Å². The zero-order valence-electron chi connectivity index (χ0n) is 17.3. The molecule has 3 amide bonds. The number of hydrogen-bond acceptors (Lipinski definition) is 5. The molecule has 0 aromatic heterocycles. The predicted octanol–water partition coefficient (Wildman–Crippen LogP) is 3.74. The zero-order valence-corrected chi connectivity index (χ0v) is 17.3. The monoisotopic (exact) mass is 410 g/mol. The Morgan fingerprint density at radius 1 is 1.17 bits per heavy atom. The maximum atomic E-state index is 13.1. The Morgan fingerprint density at radius 2 is 1.90 bits per heavy atom. The van der Waals surface area contributed by atoms with Crippen molar-refractivity contribution in [3.05, 3.63) is 48.0 Å². The first-order valence-corrected chi connectivity index (χ1v) is 9.89.